The summed E-state index contributed by atoms with van der Waals surface area (Å²) in [4.78, 5) is 6.95. The molecule has 1 heterocycles. The van der Waals surface area contributed by atoms with Gasteiger partial charge in [-0.3, -0.25) is 13.8 Å². The Labute approximate surface area is 265 Å². The van der Waals surface area contributed by atoms with E-state index in [-0.39, 0.29) is 39.9 Å². The molecule has 0 saturated heterocycles. The lowest BCUT2D eigenvalue weighted by molar-refractivity contribution is 0.302. The number of sulfonamides is 1. The number of benzene rings is 3. The summed E-state index contributed by atoms with van der Waals surface area (Å²) in [5, 5.41) is 0.661. The topological polar surface area (TPSA) is 242 Å². The van der Waals surface area contributed by atoms with E-state index >= 15 is 0 Å². The highest BCUT2D eigenvalue weighted by Crippen LogP contribution is 2.35. The lowest BCUT2D eigenvalue weighted by Crippen LogP contribution is -2.13. The number of aromatic nitrogens is 2. The van der Waals surface area contributed by atoms with Crippen LogP contribution < -0.4 is 20.9 Å². The van der Waals surface area contributed by atoms with Gasteiger partial charge in [0.05, 0.1) is 36.2 Å². The number of nitrogens with zero attached hydrogens (tertiary/aromatic N) is 2. The average Bonchev–Trinajstić information content (AvgIpc) is 2.88. The summed E-state index contributed by atoms with van der Waals surface area (Å²) < 4.78 is 101. The summed E-state index contributed by atoms with van der Waals surface area (Å²) in [5.74, 6) is 0.163. The van der Waals surface area contributed by atoms with E-state index in [0.29, 0.717) is 27.9 Å². The minimum atomic E-state index is -5.10. The molecular formula is C23H19Cl3FN5O9S3. The zero-order valence-electron chi connectivity index (χ0n) is 21.5. The van der Waals surface area contributed by atoms with Crippen LogP contribution >= 0.6 is 34.8 Å². The molecule has 0 aliphatic rings. The summed E-state index contributed by atoms with van der Waals surface area (Å²) in [6.07, 6.45) is 0. The predicted molar refractivity (Wildman–Crippen MR) is 162 cm³/mol. The van der Waals surface area contributed by atoms with Crippen LogP contribution in [-0.4, -0.2) is 44.3 Å². The number of ether oxygens (including phenoxy) is 1. The molecular weight excluding hydrogens is 712 g/mol. The molecule has 0 aliphatic carbocycles. The van der Waals surface area contributed by atoms with Gasteiger partial charge in [-0.25, -0.2) is 13.4 Å². The Morgan fingerprint density at radius 3 is 2.05 bits per heavy atom. The minimum Gasteiger partial charge on any atom is -0.486 e. The van der Waals surface area contributed by atoms with E-state index in [0.717, 1.165) is 18.2 Å². The molecule has 44 heavy (non-hydrogen) atoms. The Hall–Kier alpha value is -3.49. The molecule has 4 rings (SSSR count). The van der Waals surface area contributed by atoms with Crippen molar-refractivity contribution in [2.45, 2.75) is 16.4 Å². The van der Waals surface area contributed by atoms with Crippen LogP contribution in [0.4, 0.5) is 21.3 Å². The molecule has 0 saturated carbocycles. The van der Waals surface area contributed by atoms with Gasteiger partial charge in [0.1, 0.15) is 18.2 Å². The van der Waals surface area contributed by atoms with Gasteiger partial charge in [-0.15, -0.1) is 3.89 Å². The molecule has 14 nitrogen and oxygen atoms in total. The van der Waals surface area contributed by atoms with Crippen LogP contribution in [0.5, 0.6) is 5.75 Å². The van der Waals surface area contributed by atoms with Crippen molar-refractivity contribution in [2.75, 3.05) is 16.2 Å². The van der Waals surface area contributed by atoms with Crippen molar-refractivity contribution in [3.05, 3.63) is 81.4 Å². The number of hydrogen-bond donors (Lipinski definition) is 5. The maximum absolute atomic E-state index is 13.3. The normalized spacial score (nSPS) is 11.8. The third-order valence-electron chi connectivity index (χ3n) is 5.18. The van der Waals surface area contributed by atoms with E-state index in [4.69, 9.17) is 68.5 Å². The molecule has 7 N–H and O–H groups in total. The minimum absolute atomic E-state index is 0.0291. The number of nitrogen functional groups attached to an aromatic ring is 2. The van der Waals surface area contributed by atoms with Crippen molar-refractivity contribution in [3.8, 4) is 16.9 Å². The van der Waals surface area contributed by atoms with Gasteiger partial charge >= 0.3 is 20.6 Å². The maximum atomic E-state index is 13.3. The molecule has 0 atom stereocenters. The highest BCUT2D eigenvalue weighted by Gasteiger charge is 2.20. The first-order valence-corrected chi connectivity index (χ1v) is 16.7. The SMILES string of the molecule is Nc1nc(N)c(-c2ccc(Cl)c(Cl)c2)c(COc2ccc(NS(=O)(=O)c3cccc(S(=O)(=O)F)c3)cc2Cl)n1.O=S(=O)(O)O. The van der Waals surface area contributed by atoms with E-state index in [1.807, 2.05) is 0 Å². The van der Waals surface area contributed by atoms with Crippen molar-refractivity contribution >= 4 is 82.9 Å². The lowest BCUT2D eigenvalue weighted by Gasteiger charge is -2.15. The van der Waals surface area contributed by atoms with Gasteiger partial charge in [0.25, 0.3) is 10.0 Å². The van der Waals surface area contributed by atoms with Crippen LogP contribution in [0.15, 0.2) is 70.5 Å². The van der Waals surface area contributed by atoms with Crippen LogP contribution in [0.2, 0.25) is 15.1 Å². The second-order valence-corrected chi connectivity index (χ2v) is 13.5. The van der Waals surface area contributed by atoms with Gasteiger partial charge in [0, 0.05) is 5.56 Å². The quantitative estimate of drug-likeness (QED) is 0.123. The number of rotatable bonds is 8. The Bertz CT molecular complexity index is 2050. The Morgan fingerprint density at radius 1 is 0.818 bits per heavy atom. The highest BCUT2D eigenvalue weighted by atomic mass is 35.5. The van der Waals surface area contributed by atoms with Crippen LogP contribution in [0, 0.1) is 0 Å². The van der Waals surface area contributed by atoms with E-state index < -0.39 is 40.4 Å². The fourth-order valence-corrected chi connectivity index (χ4v) is 5.66. The first-order valence-electron chi connectivity index (χ1n) is 11.3. The fourth-order valence-electron chi connectivity index (χ4n) is 3.45. The number of nitrogens with one attached hydrogen (secondary N) is 1. The standard InChI is InChI=1S/C23H17Cl3FN5O5S2.H2O4S/c24-16-6-4-12(8-17(16)25)21-19(30-23(29)31-22(21)28)11-37-20-7-5-13(9-18(20)26)32-39(35,36)15-3-1-2-14(10-15)38(27,33)34;1-5(2,3)4/h1-10,32H,11H2,(H4,28,29,30,31);(H2,1,2,3,4). The third kappa shape index (κ3) is 9.76. The Balaban J connectivity index is 0.000000978. The van der Waals surface area contributed by atoms with Crippen molar-refractivity contribution in [3.63, 3.8) is 0 Å². The first kappa shape index (κ1) is 35.0. The van der Waals surface area contributed by atoms with Crippen LogP contribution in [0.1, 0.15) is 5.69 Å². The molecule has 1 aromatic heterocycles. The number of anilines is 3. The van der Waals surface area contributed by atoms with Crippen LogP contribution in [-0.2, 0) is 37.3 Å². The van der Waals surface area contributed by atoms with Crippen molar-refractivity contribution in [1.29, 1.82) is 0 Å². The number of halogens is 4. The predicted octanol–water partition coefficient (Wildman–Crippen LogP) is 4.65. The third-order valence-corrected chi connectivity index (χ3v) is 8.41. The molecule has 0 fully saturated rings. The molecule has 0 radical (unpaired) electrons. The van der Waals surface area contributed by atoms with Gasteiger partial charge < -0.3 is 16.2 Å². The average molecular weight is 731 g/mol. The van der Waals surface area contributed by atoms with E-state index in [2.05, 4.69) is 14.7 Å². The summed E-state index contributed by atoms with van der Waals surface area (Å²) in [5.41, 5.74) is 13.2. The molecule has 21 heteroatoms. The first-order chi connectivity index (χ1) is 20.2. The van der Waals surface area contributed by atoms with Crippen LogP contribution in [0.25, 0.3) is 11.1 Å². The number of nitrogens with two attached hydrogens (primary N) is 2. The zero-order valence-corrected chi connectivity index (χ0v) is 26.2. The molecule has 3 aromatic carbocycles. The monoisotopic (exact) mass is 729 g/mol. The largest absolute Gasteiger partial charge is 0.486 e. The van der Waals surface area contributed by atoms with Gasteiger partial charge in [0.2, 0.25) is 5.95 Å². The summed E-state index contributed by atoms with van der Waals surface area (Å²) in [6.45, 7) is -0.151. The van der Waals surface area contributed by atoms with E-state index in [9.17, 15) is 20.7 Å². The molecule has 0 spiro atoms. The zero-order chi connectivity index (χ0) is 33.0. The summed E-state index contributed by atoms with van der Waals surface area (Å²) in [6, 6.07) is 12.7. The Kier molecular flexibility index (Phi) is 10.9. The van der Waals surface area contributed by atoms with Crippen molar-refractivity contribution in [2.24, 2.45) is 0 Å². The summed E-state index contributed by atoms with van der Waals surface area (Å²) in [7, 11) is -14.0. The molecule has 0 amide bonds. The van der Waals surface area contributed by atoms with E-state index in [1.165, 1.54) is 18.2 Å². The number of hydrogen-bond acceptors (Lipinski definition) is 11. The second kappa shape index (κ2) is 13.7. The molecule has 4 aromatic rings. The summed E-state index contributed by atoms with van der Waals surface area (Å²) >= 11 is 18.5. The van der Waals surface area contributed by atoms with Gasteiger partial charge in [0.15, 0.2) is 0 Å². The lowest BCUT2D eigenvalue weighted by atomic mass is 10.0. The second-order valence-electron chi connectivity index (χ2n) is 8.32. The Morgan fingerprint density at radius 2 is 1.45 bits per heavy atom. The van der Waals surface area contributed by atoms with E-state index in [1.54, 1.807) is 18.2 Å². The van der Waals surface area contributed by atoms with Gasteiger partial charge in [-0.2, -0.15) is 21.8 Å². The molecule has 0 bridgehead atoms. The fraction of sp³-hybridized carbons (Fsp3) is 0.0435. The molecule has 236 valence electrons. The maximum Gasteiger partial charge on any atom is 0.394 e. The van der Waals surface area contributed by atoms with Crippen LogP contribution in [0.3, 0.4) is 0 Å². The van der Waals surface area contributed by atoms with Crippen molar-refractivity contribution < 1.29 is 43.0 Å². The van der Waals surface area contributed by atoms with Gasteiger partial charge in [-0.1, -0.05) is 46.9 Å². The van der Waals surface area contributed by atoms with Gasteiger partial charge in [-0.05, 0) is 54.1 Å². The van der Waals surface area contributed by atoms with Crippen molar-refractivity contribution in [1.82, 2.24) is 9.97 Å². The smallest absolute Gasteiger partial charge is 0.394 e. The molecule has 0 unspecified atom stereocenters. The molecule has 0 aliphatic heterocycles. The highest BCUT2D eigenvalue weighted by molar-refractivity contribution is 7.92.